The van der Waals surface area contributed by atoms with Crippen LogP contribution in [0.4, 0.5) is 5.69 Å². The molecule has 1 aromatic carbocycles. The summed E-state index contributed by atoms with van der Waals surface area (Å²) in [5.74, 6) is 0. The van der Waals surface area contributed by atoms with E-state index in [9.17, 15) is 0 Å². The van der Waals surface area contributed by atoms with E-state index in [0.717, 1.165) is 19.6 Å². The number of anilines is 1. The topological polar surface area (TPSA) is 21.3 Å². The molecule has 0 saturated heterocycles. The molecule has 1 aliphatic rings. The zero-order valence-electron chi connectivity index (χ0n) is 8.42. The molecule has 1 aliphatic heterocycles. The molecule has 0 aromatic heterocycles. The molecule has 0 aliphatic carbocycles. The van der Waals surface area contributed by atoms with Gasteiger partial charge in [-0.2, -0.15) is 0 Å². The molecule has 0 spiro atoms. The first-order valence-corrected chi connectivity index (χ1v) is 5.05. The van der Waals surface area contributed by atoms with Gasteiger partial charge < -0.3 is 10.1 Å². The Balaban J connectivity index is 2.22. The molecule has 1 N–H and O–H groups in total. The quantitative estimate of drug-likeness (QED) is 0.738. The fourth-order valence-electron chi connectivity index (χ4n) is 1.75. The highest BCUT2D eigenvalue weighted by atomic mass is 16.5. The largest absolute Gasteiger partial charge is 0.501 e. The van der Waals surface area contributed by atoms with Crippen LogP contribution in [0, 0.1) is 0 Å². The fraction of sp³-hybridized carbons (Fsp3) is 0.333. The Kier molecular flexibility index (Phi) is 2.73. The van der Waals surface area contributed by atoms with Gasteiger partial charge in [0, 0.05) is 12.2 Å². The Morgan fingerprint density at radius 1 is 1.50 bits per heavy atom. The average Bonchev–Trinajstić information content (AvgIpc) is 2.67. The number of rotatable bonds is 3. The van der Waals surface area contributed by atoms with Crippen molar-refractivity contribution in [1.29, 1.82) is 0 Å². The highest BCUT2D eigenvalue weighted by molar-refractivity contribution is 5.66. The molecule has 14 heavy (non-hydrogen) atoms. The summed E-state index contributed by atoms with van der Waals surface area (Å²) >= 11 is 0. The first-order chi connectivity index (χ1) is 6.92. The Hall–Kier alpha value is -1.44. The van der Waals surface area contributed by atoms with E-state index < -0.39 is 0 Å². The van der Waals surface area contributed by atoms with Gasteiger partial charge in [0.25, 0.3) is 0 Å². The van der Waals surface area contributed by atoms with E-state index in [-0.39, 0.29) is 0 Å². The van der Waals surface area contributed by atoms with Crippen LogP contribution >= 0.6 is 0 Å². The fourth-order valence-corrected chi connectivity index (χ4v) is 1.75. The molecule has 0 fully saturated rings. The predicted molar refractivity (Wildman–Crippen MR) is 59.3 cm³/mol. The van der Waals surface area contributed by atoms with Gasteiger partial charge in [-0.05, 0) is 36.6 Å². The minimum absolute atomic E-state index is 0.726. The summed E-state index contributed by atoms with van der Waals surface area (Å²) in [6.07, 6.45) is 4.92. The summed E-state index contributed by atoms with van der Waals surface area (Å²) < 4.78 is 5.20. The van der Waals surface area contributed by atoms with Crippen LogP contribution in [0.2, 0.25) is 0 Å². The summed E-state index contributed by atoms with van der Waals surface area (Å²) in [7, 11) is 0. The van der Waals surface area contributed by atoms with Gasteiger partial charge in [0.2, 0.25) is 0 Å². The van der Waals surface area contributed by atoms with Gasteiger partial charge in [-0.25, -0.2) is 0 Å². The summed E-state index contributed by atoms with van der Waals surface area (Å²) in [5.41, 5.74) is 3.94. The third-order valence-electron chi connectivity index (χ3n) is 2.41. The monoisotopic (exact) mass is 189 g/mol. The molecule has 2 heteroatoms. The molecule has 0 amide bonds. The Morgan fingerprint density at radius 2 is 2.43 bits per heavy atom. The maximum atomic E-state index is 5.20. The lowest BCUT2D eigenvalue weighted by Crippen LogP contribution is -1.90. The van der Waals surface area contributed by atoms with Crippen LogP contribution < -0.4 is 5.32 Å². The number of hydrogen-bond donors (Lipinski definition) is 1. The molecular formula is C12H15NO. The Bertz CT molecular complexity index is 344. The van der Waals surface area contributed by atoms with Crippen molar-refractivity contribution in [3.63, 3.8) is 0 Å². The second-order valence-electron chi connectivity index (χ2n) is 3.31. The maximum Gasteiger partial charge on any atom is 0.0845 e. The SMILES string of the molecule is CCO/C=C/c1cccc2c1CCN2. The molecule has 0 radical (unpaired) electrons. The summed E-state index contributed by atoms with van der Waals surface area (Å²) in [6.45, 7) is 3.76. The molecule has 0 bridgehead atoms. The van der Waals surface area contributed by atoms with Crippen LogP contribution in [0.25, 0.3) is 6.08 Å². The van der Waals surface area contributed by atoms with Gasteiger partial charge >= 0.3 is 0 Å². The molecule has 2 rings (SSSR count). The van der Waals surface area contributed by atoms with Crippen LogP contribution in [-0.2, 0) is 11.2 Å². The lowest BCUT2D eigenvalue weighted by atomic mass is 10.1. The van der Waals surface area contributed by atoms with Gasteiger partial charge in [-0.15, -0.1) is 0 Å². The summed E-state index contributed by atoms with van der Waals surface area (Å²) in [6, 6.07) is 6.32. The van der Waals surface area contributed by atoms with Crippen molar-refractivity contribution in [2.24, 2.45) is 0 Å². The third kappa shape index (κ3) is 1.74. The number of fused-ring (bicyclic) bond motifs is 1. The number of ether oxygens (including phenoxy) is 1. The van der Waals surface area contributed by atoms with Crippen LogP contribution in [0.3, 0.4) is 0 Å². The number of hydrogen-bond acceptors (Lipinski definition) is 2. The molecule has 0 atom stereocenters. The first kappa shape index (κ1) is 9.13. The minimum Gasteiger partial charge on any atom is -0.501 e. The Labute approximate surface area is 84.6 Å². The van der Waals surface area contributed by atoms with Gasteiger partial charge in [0.15, 0.2) is 0 Å². The molecule has 1 heterocycles. The van der Waals surface area contributed by atoms with E-state index in [4.69, 9.17) is 4.74 Å². The lowest BCUT2D eigenvalue weighted by Gasteiger charge is -2.02. The van der Waals surface area contributed by atoms with Gasteiger partial charge in [-0.3, -0.25) is 0 Å². The van der Waals surface area contributed by atoms with Crippen molar-refractivity contribution in [3.05, 3.63) is 35.6 Å². The Morgan fingerprint density at radius 3 is 3.29 bits per heavy atom. The van der Waals surface area contributed by atoms with Crippen molar-refractivity contribution in [2.45, 2.75) is 13.3 Å². The van der Waals surface area contributed by atoms with Crippen molar-refractivity contribution in [2.75, 3.05) is 18.5 Å². The van der Waals surface area contributed by atoms with Gasteiger partial charge in [0.1, 0.15) is 0 Å². The molecule has 1 aromatic rings. The molecular weight excluding hydrogens is 174 g/mol. The van der Waals surface area contributed by atoms with E-state index in [1.54, 1.807) is 6.26 Å². The van der Waals surface area contributed by atoms with Gasteiger partial charge in [-0.1, -0.05) is 12.1 Å². The van der Waals surface area contributed by atoms with Crippen molar-refractivity contribution < 1.29 is 4.74 Å². The van der Waals surface area contributed by atoms with E-state index in [1.807, 2.05) is 13.0 Å². The van der Waals surface area contributed by atoms with Crippen molar-refractivity contribution in [3.8, 4) is 0 Å². The highest BCUT2D eigenvalue weighted by Crippen LogP contribution is 2.26. The average molecular weight is 189 g/mol. The lowest BCUT2D eigenvalue weighted by molar-refractivity contribution is 0.272. The summed E-state index contributed by atoms with van der Waals surface area (Å²) in [5, 5.41) is 3.36. The zero-order valence-corrected chi connectivity index (χ0v) is 8.42. The normalized spacial score (nSPS) is 14.1. The third-order valence-corrected chi connectivity index (χ3v) is 2.41. The summed E-state index contributed by atoms with van der Waals surface area (Å²) in [4.78, 5) is 0. The minimum atomic E-state index is 0.726. The van der Waals surface area contributed by atoms with E-state index >= 15 is 0 Å². The van der Waals surface area contributed by atoms with E-state index in [1.165, 1.54) is 16.8 Å². The van der Waals surface area contributed by atoms with Crippen molar-refractivity contribution in [1.82, 2.24) is 0 Å². The molecule has 74 valence electrons. The predicted octanol–water partition coefficient (Wildman–Crippen LogP) is 2.66. The van der Waals surface area contributed by atoms with Crippen LogP contribution in [-0.4, -0.2) is 13.2 Å². The van der Waals surface area contributed by atoms with Gasteiger partial charge in [0.05, 0.1) is 12.9 Å². The first-order valence-electron chi connectivity index (χ1n) is 5.05. The van der Waals surface area contributed by atoms with Crippen LogP contribution in [0.15, 0.2) is 24.5 Å². The van der Waals surface area contributed by atoms with E-state index in [0.29, 0.717) is 0 Å². The second-order valence-corrected chi connectivity index (χ2v) is 3.31. The number of nitrogens with one attached hydrogen (secondary N) is 1. The zero-order chi connectivity index (χ0) is 9.80. The second kappa shape index (κ2) is 4.18. The maximum absolute atomic E-state index is 5.20. The smallest absolute Gasteiger partial charge is 0.0845 e. The standard InChI is InChI=1S/C12H15NO/c1-2-14-9-7-10-4-3-5-12-11(10)6-8-13-12/h3-5,7,9,13H,2,6,8H2,1H3/b9-7+. The molecule has 0 unspecified atom stereocenters. The molecule has 0 saturated carbocycles. The van der Waals surface area contributed by atoms with Crippen LogP contribution in [0.5, 0.6) is 0 Å². The van der Waals surface area contributed by atoms with E-state index in [2.05, 4.69) is 23.5 Å². The van der Waals surface area contributed by atoms with Crippen LogP contribution in [0.1, 0.15) is 18.1 Å². The molecule has 2 nitrogen and oxygen atoms in total. The highest BCUT2D eigenvalue weighted by Gasteiger charge is 2.11. The van der Waals surface area contributed by atoms with Crippen molar-refractivity contribution >= 4 is 11.8 Å². The number of benzene rings is 1.